The van der Waals surface area contributed by atoms with Crippen LogP contribution in [0.1, 0.15) is 56.2 Å². The largest absolute Gasteiger partial charge is 0.481 e. The Kier molecular flexibility index (Phi) is 8.33. The van der Waals surface area contributed by atoms with Gasteiger partial charge in [0.05, 0.1) is 18.2 Å². The van der Waals surface area contributed by atoms with Crippen LogP contribution in [0.4, 0.5) is 0 Å². The third-order valence-corrected chi connectivity index (χ3v) is 6.62. The Morgan fingerprint density at radius 3 is 2.36 bits per heavy atom. The molecule has 36 heavy (non-hydrogen) atoms. The van der Waals surface area contributed by atoms with Gasteiger partial charge in [-0.25, -0.2) is 4.68 Å². The molecule has 0 saturated heterocycles. The number of carboxylic acid groups (broad SMARTS) is 1. The number of hydrogen-bond acceptors (Lipinski definition) is 5. The van der Waals surface area contributed by atoms with Gasteiger partial charge in [0, 0.05) is 16.1 Å². The highest BCUT2D eigenvalue weighted by Crippen LogP contribution is 2.32. The molecule has 1 amide bonds. The van der Waals surface area contributed by atoms with Crippen LogP contribution in [0.5, 0.6) is 5.88 Å². The summed E-state index contributed by atoms with van der Waals surface area (Å²) >= 11 is 12.3. The molecule has 0 spiro atoms. The molecular formula is C26H29Cl2N3O5. The van der Waals surface area contributed by atoms with Crippen LogP contribution in [0.3, 0.4) is 0 Å². The number of aliphatic carboxylic acids is 1. The molecule has 8 nitrogen and oxygen atoms in total. The van der Waals surface area contributed by atoms with Gasteiger partial charge in [0.2, 0.25) is 5.88 Å². The Bertz CT molecular complexity index is 1240. The zero-order chi connectivity index (χ0) is 26.7. The van der Waals surface area contributed by atoms with Gasteiger partial charge in [0.1, 0.15) is 12.2 Å². The maximum absolute atomic E-state index is 13.2. The second-order valence-electron chi connectivity index (χ2n) is 9.72. The molecular weight excluding hydrogens is 505 g/mol. The van der Waals surface area contributed by atoms with Crippen molar-refractivity contribution < 1.29 is 24.5 Å². The van der Waals surface area contributed by atoms with Crippen LogP contribution in [0.25, 0.3) is 5.69 Å². The van der Waals surface area contributed by atoms with Gasteiger partial charge in [-0.3, -0.25) is 9.59 Å². The third kappa shape index (κ3) is 6.57. The fraction of sp³-hybridized carbons (Fsp3) is 0.346. The quantitative estimate of drug-likeness (QED) is 0.343. The van der Waals surface area contributed by atoms with E-state index >= 15 is 0 Å². The molecule has 0 aliphatic carbocycles. The molecule has 3 rings (SSSR count). The molecule has 0 aliphatic heterocycles. The highest BCUT2D eigenvalue weighted by molar-refractivity contribution is 6.33. The first kappa shape index (κ1) is 27.5. The summed E-state index contributed by atoms with van der Waals surface area (Å²) in [4.78, 5) is 24.7. The van der Waals surface area contributed by atoms with Crippen molar-refractivity contribution in [1.29, 1.82) is 0 Å². The lowest BCUT2D eigenvalue weighted by molar-refractivity contribution is -0.137. The lowest BCUT2D eigenvalue weighted by Gasteiger charge is -2.36. The first-order valence-electron chi connectivity index (χ1n) is 11.3. The number of rotatable bonds is 9. The number of ether oxygens (including phenoxy) is 1. The number of hydrogen-bond donors (Lipinski definition) is 3. The number of nitrogens with zero attached hydrogens (tertiary/aromatic N) is 2. The first-order chi connectivity index (χ1) is 16.8. The number of aromatic nitrogens is 2. The second-order valence-corrected chi connectivity index (χ2v) is 10.6. The number of benzene rings is 2. The van der Waals surface area contributed by atoms with Crippen LogP contribution in [0.15, 0.2) is 54.6 Å². The van der Waals surface area contributed by atoms with Crippen molar-refractivity contribution >= 4 is 35.1 Å². The molecule has 3 N–H and O–H groups in total. The van der Waals surface area contributed by atoms with Gasteiger partial charge in [0.15, 0.2) is 5.69 Å². The van der Waals surface area contributed by atoms with E-state index in [0.29, 0.717) is 16.3 Å². The fourth-order valence-corrected chi connectivity index (χ4v) is 3.62. The van der Waals surface area contributed by atoms with E-state index in [-0.39, 0.29) is 23.2 Å². The Morgan fingerprint density at radius 1 is 1.08 bits per heavy atom. The van der Waals surface area contributed by atoms with Crippen molar-refractivity contribution in [3.63, 3.8) is 0 Å². The van der Waals surface area contributed by atoms with Crippen molar-refractivity contribution in [2.45, 2.75) is 45.8 Å². The fourth-order valence-electron chi connectivity index (χ4n) is 3.19. The Balaban J connectivity index is 1.94. The minimum atomic E-state index is -1.17. The predicted octanol–water partition coefficient (Wildman–Crippen LogP) is 5.30. The maximum Gasteiger partial charge on any atom is 0.305 e. The molecule has 2 atom stereocenters. The number of halogens is 2. The van der Waals surface area contributed by atoms with E-state index in [1.165, 1.54) is 22.9 Å². The number of carbonyl (C=O) groups is 2. The number of amides is 1. The first-order valence-corrected chi connectivity index (χ1v) is 12.0. The van der Waals surface area contributed by atoms with Gasteiger partial charge in [0.25, 0.3) is 5.91 Å². The van der Waals surface area contributed by atoms with Gasteiger partial charge < -0.3 is 20.3 Å². The minimum absolute atomic E-state index is 0.00204. The van der Waals surface area contributed by atoms with E-state index in [1.54, 1.807) is 25.1 Å². The van der Waals surface area contributed by atoms with Crippen molar-refractivity contribution in [1.82, 2.24) is 15.1 Å². The molecule has 0 bridgehead atoms. The zero-order valence-electron chi connectivity index (χ0n) is 20.5. The van der Waals surface area contributed by atoms with Crippen LogP contribution in [0, 0.1) is 5.41 Å². The van der Waals surface area contributed by atoms with E-state index in [0.717, 1.165) is 0 Å². The lowest BCUT2D eigenvalue weighted by atomic mass is 9.78. The number of nitrogens with one attached hydrogen (secondary N) is 1. The molecule has 3 aromatic rings. The van der Waals surface area contributed by atoms with Gasteiger partial charge >= 0.3 is 5.97 Å². The molecule has 0 fully saturated rings. The van der Waals surface area contributed by atoms with Crippen molar-refractivity contribution in [3.05, 3.63) is 75.9 Å². The Hall–Kier alpha value is -3.07. The molecule has 192 valence electrons. The summed E-state index contributed by atoms with van der Waals surface area (Å²) in [5.74, 6) is -1.51. The van der Waals surface area contributed by atoms with Crippen LogP contribution >= 0.6 is 23.2 Å². The van der Waals surface area contributed by atoms with Crippen LogP contribution in [0.2, 0.25) is 10.0 Å². The molecule has 2 aromatic carbocycles. The molecule has 0 radical (unpaired) electrons. The van der Waals surface area contributed by atoms with Gasteiger partial charge in [-0.05, 0) is 48.2 Å². The highest BCUT2D eigenvalue weighted by atomic mass is 35.5. The molecule has 1 heterocycles. The average molecular weight is 534 g/mol. The molecule has 2 unspecified atom stereocenters. The summed E-state index contributed by atoms with van der Waals surface area (Å²) in [5, 5.41) is 28.0. The highest BCUT2D eigenvalue weighted by Gasteiger charge is 2.36. The minimum Gasteiger partial charge on any atom is -0.481 e. The summed E-state index contributed by atoms with van der Waals surface area (Å²) < 4.78 is 7.39. The standard InChI is InChI=1S/C26H29Cl2N3O5/c1-25(2,3)26(4,35)15-36-22-13-21(30-31(22)17-8-6-5-7-9-17)24(34)29-20(14-23(32)33)18-12-16(27)10-11-19(18)28/h5-13,20,35H,14-15H2,1-4H3,(H,29,34)(H,32,33). The lowest BCUT2D eigenvalue weighted by Crippen LogP contribution is -2.45. The van der Waals surface area contributed by atoms with E-state index in [1.807, 2.05) is 39.0 Å². The number of carbonyl (C=O) groups excluding carboxylic acids is 1. The zero-order valence-corrected chi connectivity index (χ0v) is 22.0. The van der Waals surface area contributed by atoms with Crippen LogP contribution < -0.4 is 10.1 Å². The summed E-state index contributed by atoms with van der Waals surface area (Å²) in [5.41, 5.74) is -0.623. The molecule has 1 aromatic heterocycles. The second kappa shape index (κ2) is 10.9. The normalized spacial score (nSPS) is 14.1. The number of carboxylic acids is 1. The van der Waals surface area contributed by atoms with E-state index in [2.05, 4.69) is 10.4 Å². The smallest absolute Gasteiger partial charge is 0.305 e. The Morgan fingerprint density at radius 2 is 1.75 bits per heavy atom. The third-order valence-electron chi connectivity index (χ3n) is 6.04. The molecule has 10 heteroatoms. The van der Waals surface area contributed by atoms with Gasteiger partial charge in [-0.1, -0.05) is 62.2 Å². The summed E-state index contributed by atoms with van der Waals surface area (Å²) in [7, 11) is 0. The molecule has 0 saturated carbocycles. The summed E-state index contributed by atoms with van der Waals surface area (Å²) in [6.45, 7) is 7.32. The SMILES string of the molecule is CC(C)(C)C(C)(O)COc1cc(C(=O)NC(CC(=O)O)c2cc(Cl)ccc2Cl)nn1-c1ccccc1. The van der Waals surface area contributed by atoms with Crippen molar-refractivity contribution in [2.75, 3.05) is 6.61 Å². The monoisotopic (exact) mass is 533 g/mol. The number of para-hydroxylation sites is 1. The van der Waals surface area contributed by atoms with Gasteiger partial charge in [-0.2, -0.15) is 5.10 Å². The van der Waals surface area contributed by atoms with Crippen molar-refractivity contribution in [3.8, 4) is 11.6 Å². The number of aliphatic hydroxyl groups is 1. The Labute approximate surface area is 219 Å². The topological polar surface area (TPSA) is 114 Å². The summed E-state index contributed by atoms with van der Waals surface area (Å²) in [6.07, 6.45) is -0.414. The average Bonchev–Trinajstić information content (AvgIpc) is 3.23. The summed E-state index contributed by atoms with van der Waals surface area (Å²) in [6, 6.07) is 14.2. The maximum atomic E-state index is 13.2. The van der Waals surface area contributed by atoms with E-state index in [9.17, 15) is 19.8 Å². The molecule has 0 aliphatic rings. The van der Waals surface area contributed by atoms with E-state index in [4.69, 9.17) is 27.9 Å². The predicted molar refractivity (Wildman–Crippen MR) is 138 cm³/mol. The van der Waals surface area contributed by atoms with E-state index < -0.39 is 35.4 Å². The van der Waals surface area contributed by atoms with Crippen LogP contribution in [-0.2, 0) is 4.79 Å². The van der Waals surface area contributed by atoms with Gasteiger partial charge in [-0.15, -0.1) is 0 Å². The van der Waals surface area contributed by atoms with Crippen molar-refractivity contribution in [2.24, 2.45) is 5.41 Å². The van der Waals surface area contributed by atoms with Crippen LogP contribution in [-0.4, -0.2) is 44.1 Å².